The number of nitrogens with one attached hydrogen (secondary N) is 1. The fourth-order valence-corrected chi connectivity index (χ4v) is 1.69. The summed E-state index contributed by atoms with van der Waals surface area (Å²) >= 11 is 0. The van der Waals surface area contributed by atoms with Crippen LogP contribution in [0.1, 0.15) is 16.2 Å². The standard InChI is InChI=1S/C12H11N5O4/c13-15-12(19)10-3-1-2-8(14-10)6-16-7-9(17(20)21)4-5-11(16)18/h1-5,7H,6,13H2,(H,15,19). The zero-order chi connectivity index (χ0) is 15.4. The summed E-state index contributed by atoms with van der Waals surface area (Å²) in [5, 5.41) is 10.7. The molecule has 0 aliphatic rings. The molecule has 108 valence electrons. The summed E-state index contributed by atoms with van der Waals surface area (Å²) < 4.78 is 1.14. The molecule has 9 heteroatoms. The van der Waals surface area contributed by atoms with E-state index in [-0.39, 0.29) is 17.9 Å². The van der Waals surface area contributed by atoms with Gasteiger partial charge < -0.3 is 4.57 Å². The Labute approximate surface area is 118 Å². The van der Waals surface area contributed by atoms with Gasteiger partial charge in [0.15, 0.2) is 0 Å². The zero-order valence-corrected chi connectivity index (χ0v) is 10.7. The predicted octanol–water partition coefficient (Wildman–Crippen LogP) is -0.197. The quantitative estimate of drug-likeness (QED) is 0.346. The number of nitrogens with zero attached hydrogens (tertiary/aromatic N) is 3. The van der Waals surface area contributed by atoms with Crippen LogP contribution in [0.15, 0.2) is 41.3 Å². The number of carbonyl (C=O) groups excluding carboxylic acids is 1. The van der Waals surface area contributed by atoms with E-state index >= 15 is 0 Å². The highest BCUT2D eigenvalue weighted by atomic mass is 16.6. The van der Waals surface area contributed by atoms with Gasteiger partial charge in [-0.25, -0.2) is 10.8 Å². The summed E-state index contributed by atoms with van der Waals surface area (Å²) in [6.45, 7) is 0.00616. The fourth-order valence-electron chi connectivity index (χ4n) is 1.69. The lowest BCUT2D eigenvalue weighted by Gasteiger charge is -2.06. The van der Waals surface area contributed by atoms with Crippen LogP contribution in [0.3, 0.4) is 0 Å². The van der Waals surface area contributed by atoms with Crippen molar-refractivity contribution in [3.05, 3.63) is 68.4 Å². The van der Waals surface area contributed by atoms with Crippen molar-refractivity contribution in [1.29, 1.82) is 0 Å². The summed E-state index contributed by atoms with van der Waals surface area (Å²) in [4.78, 5) is 37.2. The third-order valence-corrected chi connectivity index (χ3v) is 2.68. The number of nitrogen functional groups attached to an aromatic ring is 1. The number of carbonyl (C=O) groups is 1. The summed E-state index contributed by atoms with van der Waals surface area (Å²) in [5.74, 6) is 4.45. The second-order valence-electron chi connectivity index (χ2n) is 4.10. The predicted molar refractivity (Wildman–Crippen MR) is 72.3 cm³/mol. The normalized spacial score (nSPS) is 10.1. The number of hydrogen-bond donors (Lipinski definition) is 2. The van der Waals surface area contributed by atoms with Gasteiger partial charge in [-0.2, -0.15) is 0 Å². The average Bonchev–Trinajstić information content (AvgIpc) is 2.48. The van der Waals surface area contributed by atoms with Gasteiger partial charge in [-0.05, 0) is 12.1 Å². The number of nitrogens with two attached hydrogens (primary N) is 1. The van der Waals surface area contributed by atoms with E-state index in [0.717, 1.165) is 22.9 Å². The van der Waals surface area contributed by atoms with Crippen LogP contribution in [0.5, 0.6) is 0 Å². The highest BCUT2D eigenvalue weighted by Gasteiger charge is 2.10. The zero-order valence-electron chi connectivity index (χ0n) is 10.7. The molecule has 0 spiro atoms. The molecule has 0 saturated heterocycles. The Morgan fingerprint density at radius 1 is 1.38 bits per heavy atom. The SMILES string of the molecule is NNC(=O)c1cccc(Cn2cc([N+](=O)[O-])ccc2=O)n1. The summed E-state index contributed by atoms with van der Waals surface area (Å²) in [6.07, 6.45) is 1.12. The van der Waals surface area contributed by atoms with Crippen LogP contribution in [-0.4, -0.2) is 20.4 Å². The molecule has 0 unspecified atom stereocenters. The molecule has 1 amide bonds. The summed E-state index contributed by atoms with van der Waals surface area (Å²) in [6, 6.07) is 6.87. The Hall–Kier alpha value is -3.07. The van der Waals surface area contributed by atoms with Gasteiger partial charge in [-0.15, -0.1) is 0 Å². The van der Waals surface area contributed by atoms with Crippen LogP contribution in [0.2, 0.25) is 0 Å². The van der Waals surface area contributed by atoms with E-state index < -0.39 is 16.4 Å². The highest BCUT2D eigenvalue weighted by molar-refractivity contribution is 5.91. The van der Waals surface area contributed by atoms with E-state index in [0.29, 0.717) is 5.69 Å². The molecule has 9 nitrogen and oxygen atoms in total. The van der Waals surface area contributed by atoms with Crippen molar-refractivity contribution in [1.82, 2.24) is 15.0 Å². The van der Waals surface area contributed by atoms with Crippen LogP contribution in [-0.2, 0) is 6.54 Å². The highest BCUT2D eigenvalue weighted by Crippen LogP contribution is 2.08. The second kappa shape index (κ2) is 5.92. The van der Waals surface area contributed by atoms with Gasteiger partial charge in [0.25, 0.3) is 17.2 Å². The lowest BCUT2D eigenvalue weighted by atomic mass is 10.3. The largest absolute Gasteiger partial charge is 0.303 e. The van der Waals surface area contributed by atoms with Gasteiger partial charge in [0.05, 0.1) is 23.4 Å². The molecule has 3 N–H and O–H groups in total. The monoisotopic (exact) mass is 289 g/mol. The molecule has 2 aromatic heterocycles. The van der Waals surface area contributed by atoms with Gasteiger partial charge in [0.2, 0.25) is 0 Å². The minimum absolute atomic E-state index is 0.00616. The van der Waals surface area contributed by atoms with Crippen molar-refractivity contribution in [2.45, 2.75) is 6.54 Å². The fraction of sp³-hybridized carbons (Fsp3) is 0.0833. The molecular formula is C12H11N5O4. The molecule has 0 atom stereocenters. The first-order valence-corrected chi connectivity index (χ1v) is 5.83. The summed E-state index contributed by atoms with van der Waals surface area (Å²) in [5.41, 5.74) is 1.83. The first kappa shape index (κ1) is 14.3. The maximum atomic E-state index is 11.7. The van der Waals surface area contributed by atoms with Gasteiger partial charge >= 0.3 is 0 Å². The molecule has 2 rings (SSSR count). The van der Waals surface area contributed by atoms with Gasteiger partial charge in [0.1, 0.15) is 5.69 Å². The number of rotatable bonds is 4. The van der Waals surface area contributed by atoms with Crippen LogP contribution >= 0.6 is 0 Å². The lowest BCUT2D eigenvalue weighted by molar-refractivity contribution is -0.385. The lowest BCUT2D eigenvalue weighted by Crippen LogP contribution is -2.31. The Balaban J connectivity index is 2.34. The number of aromatic nitrogens is 2. The van der Waals surface area contributed by atoms with Crippen LogP contribution < -0.4 is 16.8 Å². The minimum atomic E-state index is -0.596. The number of pyridine rings is 2. The van der Waals surface area contributed by atoms with E-state index in [1.807, 2.05) is 5.43 Å². The molecule has 0 aliphatic heterocycles. The Kier molecular flexibility index (Phi) is 4.05. The van der Waals surface area contributed by atoms with Crippen molar-refractivity contribution >= 4 is 11.6 Å². The van der Waals surface area contributed by atoms with Crippen molar-refractivity contribution < 1.29 is 9.72 Å². The number of nitro groups is 1. The molecule has 0 bridgehead atoms. The van der Waals surface area contributed by atoms with Crippen LogP contribution in [0.4, 0.5) is 5.69 Å². The third-order valence-electron chi connectivity index (χ3n) is 2.68. The molecule has 0 saturated carbocycles. The molecule has 21 heavy (non-hydrogen) atoms. The van der Waals surface area contributed by atoms with E-state index in [1.54, 1.807) is 12.1 Å². The van der Waals surface area contributed by atoms with Crippen molar-refractivity contribution in [3.8, 4) is 0 Å². The molecule has 0 aliphatic carbocycles. The Bertz CT molecular complexity index is 755. The maximum Gasteiger partial charge on any atom is 0.285 e. The maximum absolute atomic E-state index is 11.7. The molecule has 2 heterocycles. The van der Waals surface area contributed by atoms with E-state index in [4.69, 9.17) is 5.84 Å². The number of amides is 1. The summed E-state index contributed by atoms with van der Waals surface area (Å²) in [7, 11) is 0. The first-order chi connectivity index (χ1) is 10.0. The van der Waals surface area contributed by atoms with E-state index in [2.05, 4.69) is 4.98 Å². The van der Waals surface area contributed by atoms with Crippen LogP contribution in [0, 0.1) is 10.1 Å². The first-order valence-electron chi connectivity index (χ1n) is 5.83. The molecule has 0 radical (unpaired) electrons. The van der Waals surface area contributed by atoms with Gasteiger partial charge in [-0.3, -0.25) is 25.1 Å². The van der Waals surface area contributed by atoms with Crippen molar-refractivity contribution in [2.24, 2.45) is 5.84 Å². The average molecular weight is 289 g/mol. The number of hydrogen-bond acceptors (Lipinski definition) is 6. The second-order valence-corrected chi connectivity index (χ2v) is 4.10. The molecule has 2 aromatic rings. The molecule has 0 fully saturated rings. The van der Waals surface area contributed by atoms with E-state index in [9.17, 15) is 19.7 Å². The van der Waals surface area contributed by atoms with Gasteiger partial charge in [0, 0.05) is 12.1 Å². The Morgan fingerprint density at radius 3 is 2.81 bits per heavy atom. The topological polar surface area (TPSA) is 133 Å². The number of hydrazine groups is 1. The van der Waals surface area contributed by atoms with Crippen molar-refractivity contribution in [3.63, 3.8) is 0 Å². The molecule has 0 aromatic carbocycles. The third kappa shape index (κ3) is 3.28. The molecular weight excluding hydrogens is 278 g/mol. The van der Waals surface area contributed by atoms with Crippen molar-refractivity contribution in [2.75, 3.05) is 0 Å². The van der Waals surface area contributed by atoms with Gasteiger partial charge in [-0.1, -0.05) is 6.07 Å². The Morgan fingerprint density at radius 2 is 2.14 bits per heavy atom. The minimum Gasteiger partial charge on any atom is -0.303 e. The smallest absolute Gasteiger partial charge is 0.285 e. The van der Waals surface area contributed by atoms with E-state index in [1.165, 1.54) is 6.07 Å². The van der Waals surface area contributed by atoms with Crippen LogP contribution in [0.25, 0.3) is 0 Å².